The molecule has 31 heavy (non-hydrogen) atoms. The number of anilines is 1. The van der Waals surface area contributed by atoms with Crippen LogP contribution in [0.2, 0.25) is 0 Å². The van der Waals surface area contributed by atoms with Gasteiger partial charge in [-0.15, -0.1) is 0 Å². The zero-order chi connectivity index (χ0) is 22.1. The minimum absolute atomic E-state index is 0.216. The van der Waals surface area contributed by atoms with E-state index in [1.807, 2.05) is 23.6 Å². The molecule has 1 aliphatic rings. The summed E-state index contributed by atoms with van der Waals surface area (Å²) in [4.78, 5) is 42.6. The maximum absolute atomic E-state index is 12.8. The van der Waals surface area contributed by atoms with E-state index in [1.165, 1.54) is 11.3 Å². The van der Waals surface area contributed by atoms with Gasteiger partial charge in [-0.05, 0) is 31.2 Å². The molecule has 1 saturated heterocycles. The number of thiazole rings is 1. The molecule has 0 N–H and O–H groups in total. The highest BCUT2D eigenvalue weighted by molar-refractivity contribution is 7.16. The number of methoxy groups -OCH3 is 2. The smallest absolute Gasteiger partial charge is 0.279 e. The zero-order valence-electron chi connectivity index (χ0n) is 17.4. The van der Waals surface area contributed by atoms with Crippen LogP contribution in [0.5, 0.6) is 11.5 Å². The highest BCUT2D eigenvalue weighted by atomic mass is 32.1. The van der Waals surface area contributed by atoms with E-state index in [0.29, 0.717) is 34.1 Å². The van der Waals surface area contributed by atoms with Gasteiger partial charge in [0.25, 0.3) is 5.91 Å². The van der Waals surface area contributed by atoms with Crippen molar-refractivity contribution in [2.75, 3.05) is 19.1 Å². The summed E-state index contributed by atoms with van der Waals surface area (Å²) < 4.78 is 13.6. The van der Waals surface area contributed by atoms with Crippen LogP contribution in [0.1, 0.15) is 30.1 Å². The van der Waals surface area contributed by atoms with Gasteiger partial charge in [-0.2, -0.15) is 4.99 Å². The Morgan fingerprint density at radius 3 is 2.23 bits per heavy atom. The number of aryl methyl sites for hydroxylation is 1. The van der Waals surface area contributed by atoms with E-state index in [1.54, 1.807) is 38.5 Å². The third kappa shape index (κ3) is 3.72. The van der Waals surface area contributed by atoms with E-state index < -0.39 is 5.91 Å². The lowest BCUT2D eigenvalue weighted by Gasteiger charge is -2.13. The average Bonchev–Trinajstić information content (AvgIpc) is 3.30. The van der Waals surface area contributed by atoms with Gasteiger partial charge in [0.1, 0.15) is 0 Å². The highest BCUT2D eigenvalue weighted by Gasteiger charge is 2.30. The van der Waals surface area contributed by atoms with Crippen LogP contribution in [-0.2, 0) is 16.1 Å². The summed E-state index contributed by atoms with van der Waals surface area (Å²) in [7, 11) is 3.15. The Labute approximate surface area is 182 Å². The van der Waals surface area contributed by atoms with Crippen LogP contribution in [0.25, 0.3) is 10.2 Å². The molecule has 0 bridgehead atoms. The Hall–Kier alpha value is -3.46. The molecule has 1 aliphatic heterocycles. The van der Waals surface area contributed by atoms with Crippen LogP contribution in [-0.4, -0.2) is 36.5 Å². The van der Waals surface area contributed by atoms with E-state index in [9.17, 15) is 14.4 Å². The molecule has 2 aromatic carbocycles. The second kappa shape index (κ2) is 8.35. The van der Waals surface area contributed by atoms with Gasteiger partial charge in [0, 0.05) is 37.1 Å². The quantitative estimate of drug-likeness (QED) is 0.570. The molecule has 3 aromatic rings. The molecule has 0 aliphatic carbocycles. The van der Waals surface area contributed by atoms with E-state index in [0.717, 1.165) is 15.1 Å². The van der Waals surface area contributed by atoms with Crippen molar-refractivity contribution in [1.29, 1.82) is 0 Å². The lowest BCUT2D eigenvalue weighted by Crippen LogP contribution is -2.28. The van der Waals surface area contributed by atoms with Crippen molar-refractivity contribution in [3.63, 3.8) is 0 Å². The van der Waals surface area contributed by atoms with Crippen molar-refractivity contribution < 1.29 is 23.9 Å². The third-order valence-electron chi connectivity index (χ3n) is 5.13. The summed E-state index contributed by atoms with van der Waals surface area (Å²) in [5.41, 5.74) is 1.74. The van der Waals surface area contributed by atoms with Gasteiger partial charge in [-0.25, -0.2) is 0 Å². The monoisotopic (exact) mass is 439 g/mol. The molecular weight excluding hydrogens is 418 g/mol. The Morgan fingerprint density at radius 2 is 1.65 bits per heavy atom. The van der Waals surface area contributed by atoms with Gasteiger partial charge >= 0.3 is 0 Å². The molecule has 4 rings (SSSR count). The fraction of sp³-hybridized carbons (Fsp3) is 0.273. The SMILES string of the molecule is CCn1c(=NC(=O)c2ccc(N3C(=O)CCC3=O)cc2)sc2cc(OC)c(OC)cc21. The van der Waals surface area contributed by atoms with Gasteiger partial charge in [-0.1, -0.05) is 11.3 Å². The first-order valence-electron chi connectivity index (χ1n) is 9.77. The average molecular weight is 439 g/mol. The fourth-order valence-electron chi connectivity index (χ4n) is 3.56. The number of ether oxygens (including phenoxy) is 2. The molecule has 0 unspecified atom stereocenters. The van der Waals surface area contributed by atoms with Gasteiger partial charge < -0.3 is 14.0 Å². The van der Waals surface area contributed by atoms with Crippen LogP contribution in [0.15, 0.2) is 41.4 Å². The molecule has 2 heterocycles. The van der Waals surface area contributed by atoms with Crippen molar-refractivity contribution in [3.05, 3.63) is 46.8 Å². The topological polar surface area (TPSA) is 90.2 Å². The first-order chi connectivity index (χ1) is 15.0. The number of carbonyl (C=O) groups excluding carboxylic acids is 3. The van der Waals surface area contributed by atoms with Crippen LogP contribution in [0.3, 0.4) is 0 Å². The standard InChI is InChI=1S/C22H21N3O5S/c1-4-24-15-11-16(29-2)17(30-3)12-18(15)31-22(24)23-21(28)13-5-7-14(8-6-13)25-19(26)9-10-20(25)27/h5-8,11-12H,4,9-10H2,1-3H3. The summed E-state index contributed by atoms with van der Waals surface area (Å²) in [6.45, 7) is 2.60. The molecule has 3 amide bonds. The normalized spacial score (nSPS) is 14.5. The number of fused-ring (bicyclic) bond motifs is 1. The minimum Gasteiger partial charge on any atom is -0.493 e. The summed E-state index contributed by atoms with van der Waals surface area (Å²) in [6.07, 6.45) is 0.431. The minimum atomic E-state index is -0.404. The highest BCUT2D eigenvalue weighted by Crippen LogP contribution is 2.33. The number of amides is 3. The molecule has 1 aromatic heterocycles. The summed E-state index contributed by atoms with van der Waals surface area (Å²) >= 11 is 1.39. The Morgan fingerprint density at radius 1 is 1.03 bits per heavy atom. The first-order valence-corrected chi connectivity index (χ1v) is 10.6. The predicted molar refractivity (Wildman–Crippen MR) is 117 cm³/mol. The van der Waals surface area contributed by atoms with Crippen LogP contribution >= 0.6 is 11.3 Å². The molecule has 0 radical (unpaired) electrons. The van der Waals surface area contributed by atoms with Gasteiger partial charge in [0.15, 0.2) is 16.3 Å². The summed E-state index contributed by atoms with van der Waals surface area (Å²) in [5, 5.41) is 0. The van der Waals surface area contributed by atoms with E-state index in [4.69, 9.17) is 9.47 Å². The van der Waals surface area contributed by atoms with Crippen molar-refractivity contribution in [2.24, 2.45) is 4.99 Å². The maximum Gasteiger partial charge on any atom is 0.279 e. The van der Waals surface area contributed by atoms with E-state index >= 15 is 0 Å². The first kappa shape index (κ1) is 20.8. The van der Waals surface area contributed by atoms with E-state index in [-0.39, 0.29) is 24.7 Å². The van der Waals surface area contributed by atoms with Crippen molar-refractivity contribution >= 4 is 45.0 Å². The zero-order valence-corrected chi connectivity index (χ0v) is 18.2. The van der Waals surface area contributed by atoms with Crippen molar-refractivity contribution in [1.82, 2.24) is 4.57 Å². The second-order valence-electron chi connectivity index (χ2n) is 6.89. The van der Waals surface area contributed by atoms with Gasteiger partial charge in [0.2, 0.25) is 11.8 Å². The second-order valence-corrected chi connectivity index (χ2v) is 7.90. The molecule has 0 atom stereocenters. The van der Waals surface area contributed by atoms with Crippen molar-refractivity contribution in [3.8, 4) is 11.5 Å². The summed E-state index contributed by atoms with van der Waals surface area (Å²) in [5.74, 6) is 0.356. The molecule has 160 valence electrons. The number of carbonyl (C=O) groups is 3. The lowest BCUT2D eigenvalue weighted by atomic mass is 10.2. The maximum atomic E-state index is 12.8. The van der Waals surface area contributed by atoms with Crippen molar-refractivity contribution in [2.45, 2.75) is 26.3 Å². The van der Waals surface area contributed by atoms with E-state index in [2.05, 4.69) is 4.99 Å². The van der Waals surface area contributed by atoms with Gasteiger partial charge in [0.05, 0.1) is 30.1 Å². The number of benzene rings is 2. The summed E-state index contributed by atoms with van der Waals surface area (Å²) in [6, 6.07) is 10.1. The number of nitrogens with zero attached hydrogens (tertiary/aromatic N) is 3. The molecule has 0 spiro atoms. The Kier molecular flexibility index (Phi) is 5.60. The Bertz CT molecular complexity index is 1240. The van der Waals surface area contributed by atoms with Crippen LogP contribution in [0, 0.1) is 0 Å². The third-order valence-corrected chi connectivity index (χ3v) is 6.17. The number of hydrogen-bond donors (Lipinski definition) is 0. The largest absolute Gasteiger partial charge is 0.493 e. The molecule has 0 saturated carbocycles. The lowest BCUT2D eigenvalue weighted by molar-refractivity contribution is -0.121. The number of aromatic nitrogens is 1. The number of hydrogen-bond acceptors (Lipinski definition) is 6. The molecular formula is C22H21N3O5S. The molecule has 9 heteroatoms. The predicted octanol–water partition coefficient (Wildman–Crippen LogP) is 3.13. The van der Waals surface area contributed by atoms with Crippen LogP contribution in [0.4, 0.5) is 5.69 Å². The Balaban J connectivity index is 1.70. The number of imide groups is 1. The molecule has 8 nitrogen and oxygen atoms in total. The number of rotatable bonds is 5. The fourth-order valence-corrected chi connectivity index (χ4v) is 4.66. The molecule has 1 fully saturated rings. The van der Waals surface area contributed by atoms with Gasteiger partial charge in [-0.3, -0.25) is 19.3 Å². The van der Waals surface area contributed by atoms with Crippen LogP contribution < -0.4 is 19.2 Å².